The van der Waals surface area contributed by atoms with Gasteiger partial charge >= 0.3 is 5.97 Å². The van der Waals surface area contributed by atoms with E-state index in [-0.39, 0.29) is 22.8 Å². The number of nitrogens with two attached hydrogens (primary N) is 1. The summed E-state index contributed by atoms with van der Waals surface area (Å²) in [4.78, 5) is 12.5. The van der Waals surface area contributed by atoms with Crippen LogP contribution in [0, 0.1) is 10.8 Å². The highest BCUT2D eigenvalue weighted by molar-refractivity contribution is 5.81. The lowest BCUT2D eigenvalue weighted by Gasteiger charge is -2.21. The molecule has 2 rings (SSSR count). The molecule has 0 aliphatic heterocycles. The van der Waals surface area contributed by atoms with Gasteiger partial charge in [-0.3, -0.25) is 4.79 Å². The molecule has 1 aliphatic rings. The maximum absolute atomic E-state index is 12.5. The lowest BCUT2D eigenvalue weighted by atomic mass is 9.87. The summed E-state index contributed by atoms with van der Waals surface area (Å²) in [5, 5.41) is 0. The van der Waals surface area contributed by atoms with Crippen molar-refractivity contribution in [2.45, 2.75) is 52.7 Å². The Bertz CT molecular complexity index is 471. The zero-order chi connectivity index (χ0) is 14.8. The zero-order valence-electron chi connectivity index (χ0n) is 12.7. The largest absolute Gasteiger partial charge is 0.460 e. The van der Waals surface area contributed by atoms with Crippen molar-refractivity contribution in [2.75, 3.05) is 0 Å². The van der Waals surface area contributed by atoms with Crippen LogP contribution in [0.4, 0.5) is 0 Å². The summed E-state index contributed by atoms with van der Waals surface area (Å²) in [7, 11) is 0. The highest BCUT2D eigenvalue weighted by Gasteiger charge is 2.68. The molecule has 1 fully saturated rings. The molecule has 0 saturated heterocycles. The minimum absolute atomic E-state index is 0.00366. The molecule has 1 aliphatic carbocycles. The highest BCUT2D eigenvalue weighted by Crippen LogP contribution is 2.68. The fourth-order valence-corrected chi connectivity index (χ4v) is 3.48. The van der Waals surface area contributed by atoms with E-state index in [0.717, 1.165) is 24.8 Å². The predicted octanol–water partition coefficient (Wildman–Crippen LogP) is 3.27. The maximum atomic E-state index is 12.5. The van der Waals surface area contributed by atoms with E-state index in [1.165, 1.54) is 0 Å². The molecular formula is C17H25NO2. The number of hydrogen-bond acceptors (Lipinski definition) is 3. The van der Waals surface area contributed by atoms with Gasteiger partial charge in [0.25, 0.3) is 0 Å². The molecule has 0 heterocycles. The summed E-state index contributed by atoms with van der Waals surface area (Å²) in [6, 6.07) is 9.93. The van der Waals surface area contributed by atoms with E-state index < -0.39 is 0 Å². The molecule has 3 unspecified atom stereocenters. The Morgan fingerprint density at radius 2 is 2.05 bits per heavy atom. The molecule has 2 N–H and O–H groups in total. The van der Waals surface area contributed by atoms with E-state index in [4.69, 9.17) is 10.5 Å². The van der Waals surface area contributed by atoms with Crippen molar-refractivity contribution in [1.29, 1.82) is 0 Å². The Kier molecular flexibility index (Phi) is 4.19. The first kappa shape index (κ1) is 15.0. The van der Waals surface area contributed by atoms with Crippen LogP contribution in [0.3, 0.4) is 0 Å². The van der Waals surface area contributed by atoms with Crippen molar-refractivity contribution in [3.05, 3.63) is 35.9 Å². The average molecular weight is 275 g/mol. The van der Waals surface area contributed by atoms with Crippen molar-refractivity contribution < 1.29 is 9.53 Å². The SMILES string of the molecule is CCC1(C(=O)OCc2ccccc2)CC1(C)CC(C)N. The van der Waals surface area contributed by atoms with Gasteiger partial charge in [-0.25, -0.2) is 0 Å². The fraction of sp³-hybridized carbons (Fsp3) is 0.588. The molecule has 0 bridgehead atoms. The molecule has 0 aromatic heterocycles. The van der Waals surface area contributed by atoms with Gasteiger partial charge in [-0.15, -0.1) is 0 Å². The lowest BCUT2D eigenvalue weighted by Crippen LogP contribution is -2.28. The standard InChI is InChI=1S/C17H25NO2/c1-4-17(12-16(17,3)10-13(2)18)15(19)20-11-14-8-6-5-7-9-14/h5-9,13H,4,10-12,18H2,1-3H3. The number of hydrogen-bond donors (Lipinski definition) is 1. The molecule has 1 saturated carbocycles. The van der Waals surface area contributed by atoms with E-state index in [1.807, 2.05) is 37.3 Å². The quantitative estimate of drug-likeness (QED) is 0.811. The minimum Gasteiger partial charge on any atom is -0.460 e. The predicted molar refractivity (Wildman–Crippen MR) is 80.0 cm³/mol. The normalized spacial score (nSPS) is 29.8. The number of ether oxygens (including phenoxy) is 1. The second-order valence-electron chi connectivity index (χ2n) is 6.42. The molecule has 3 nitrogen and oxygen atoms in total. The second-order valence-corrected chi connectivity index (χ2v) is 6.42. The van der Waals surface area contributed by atoms with Crippen LogP contribution < -0.4 is 5.73 Å². The van der Waals surface area contributed by atoms with E-state index in [2.05, 4.69) is 13.8 Å². The average Bonchev–Trinajstić information content (AvgIpc) is 3.02. The van der Waals surface area contributed by atoms with Crippen molar-refractivity contribution in [1.82, 2.24) is 0 Å². The van der Waals surface area contributed by atoms with Crippen molar-refractivity contribution >= 4 is 5.97 Å². The second kappa shape index (κ2) is 5.57. The first-order valence-electron chi connectivity index (χ1n) is 7.40. The number of carbonyl (C=O) groups is 1. The first-order valence-corrected chi connectivity index (χ1v) is 7.40. The van der Waals surface area contributed by atoms with Gasteiger partial charge in [0.05, 0.1) is 5.41 Å². The van der Waals surface area contributed by atoms with Crippen LogP contribution in [0.1, 0.15) is 45.6 Å². The smallest absolute Gasteiger partial charge is 0.312 e. The summed E-state index contributed by atoms with van der Waals surface area (Å²) in [5.74, 6) is -0.0630. The van der Waals surface area contributed by atoms with Crippen molar-refractivity contribution in [2.24, 2.45) is 16.6 Å². The third-order valence-electron chi connectivity index (χ3n) is 4.70. The van der Waals surface area contributed by atoms with Crippen molar-refractivity contribution in [3.8, 4) is 0 Å². The van der Waals surface area contributed by atoms with Gasteiger partial charge in [-0.1, -0.05) is 44.2 Å². The summed E-state index contributed by atoms with van der Waals surface area (Å²) in [5.41, 5.74) is 6.62. The first-order chi connectivity index (χ1) is 9.43. The van der Waals surface area contributed by atoms with Crippen molar-refractivity contribution in [3.63, 3.8) is 0 Å². The number of carbonyl (C=O) groups excluding carboxylic acids is 1. The lowest BCUT2D eigenvalue weighted by molar-refractivity contribution is -0.153. The van der Waals surface area contributed by atoms with Crippen LogP contribution >= 0.6 is 0 Å². The summed E-state index contributed by atoms with van der Waals surface area (Å²) >= 11 is 0. The Morgan fingerprint density at radius 3 is 2.60 bits per heavy atom. The van der Waals surface area contributed by atoms with Gasteiger partial charge in [0.15, 0.2) is 0 Å². The monoisotopic (exact) mass is 275 g/mol. The molecule has 110 valence electrons. The van der Waals surface area contributed by atoms with E-state index >= 15 is 0 Å². The molecule has 3 heteroatoms. The van der Waals surface area contributed by atoms with Gasteiger partial charge in [-0.05, 0) is 37.2 Å². The molecule has 1 aromatic carbocycles. The Labute approximate surface area is 121 Å². The van der Waals surface area contributed by atoms with Crippen LogP contribution in [0.25, 0.3) is 0 Å². The molecule has 20 heavy (non-hydrogen) atoms. The third kappa shape index (κ3) is 2.73. The molecule has 0 radical (unpaired) electrons. The summed E-state index contributed by atoms with van der Waals surface area (Å²) < 4.78 is 5.54. The van der Waals surface area contributed by atoms with Gasteiger partial charge in [0.1, 0.15) is 6.61 Å². The molecule has 0 spiro atoms. The molecule has 0 amide bonds. The van der Waals surface area contributed by atoms with Crippen LogP contribution in [0.15, 0.2) is 30.3 Å². The van der Waals surface area contributed by atoms with Crippen LogP contribution in [0.2, 0.25) is 0 Å². The van der Waals surface area contributed by atoms with E-state index in [1.54, 1.807) is 0 Å². The number of esters is 1. The Hall–Kier alpha value is -1.35. The van der Waals surface area contributed by atoms with E-state index in [0.29, 0.717) is 6.61 Å². The number of rotatable bonds is 6. The molecular weight excluding hydrogens is 250 g/mol. The van der Waals surface area contributed by atoms with Gasteiger partial charge in [0.2, 0.25) is 0 Å². The van der Waals surface area contributed by atoms with Crippen LogP contribution in [0.5, 0.6) is 0 Å². The van der Waals surface area contributed by atoms with Crippen LogP contribution in [-0.2, 0) is 16.1 Å². The summed E-state index contributed by atoms with van der Waals surface area (Å²) in [6.45, 7) is 6.58. The maximum Gasteiger partial charge on any atom is 0.312 e. The topological polar surface area (TPSA) is 52.3 Å². The Morgan fingerprint density at radius 1 is 1.40 bits per heavy atom. The molecule has 3 atom stereocenters. The van der Waals surface area contributed by atoms with Crippen LogP contribution in [-0.4, -0.2) is 12.0 Å². The number of benzene rings is 1. The third-order valence-corrected chi connectivity index (χ3v) is 4.70. The Balaban J connectivity index is 1.98. The highest BCUT2D eigenvalue weighted by atomic mass is 16.5. The van der Waals surface area contributed by atoms with Gasteiger partial charge < -0.3 is 10.5 Å². The van der Waals surface area contributed by atoms with E-state index in [9.17, 15) is 4.79 Å². The van der Waals surface area contributed by atoms with Gasteiger partial charge in [-0.2, -0.15) is 0 Å². The zero-order valence-corrected chi connectivity index (χ0v) is 12.7. The molecule has 1 aromatic rings. The summed E-state index contributed by atoms with van der Waals surface area (Å²) in [6.07, 6.45) is 2.59. The minimum atomic E-state index is -0.324. The van der Waals surface area contributed by atoms with Gasteiger partial charge in [0, 0.05) is 6.04 Å². The fourth-order valence-electron chi connectivity index (χ4n) is 3.48.